The van der Waals surface area contributed by atoms with Crippen LogP contribution in [0, 0.1) is 0 Å². The number of carboxylic acids is 2. The highest BCUT2D eigenvalue weighted by atomic mass is 32.2. The molecule has 0 fully saturated rings. The Bertz CT molecular complexity index is 1890. The van der Waals surface area contributed by atoms with Gasteiger partial charge in [-0.2, -0.15) is 0 Å². The van der Waals surface area contributed by atoms with Crippen LogP contribution in [0.4, 0.5) is 10.5 Å². The number of rotatable bonds is 23. The number of fused-ring (bicyclic) bond motifs is 1. The summed E-state index contributed by atoms with van der Waals surface area (Å²) in [5, 5.41) is 30.6. The van der Waals surface area contributed by atoms with Crippen molar-refractivity contribution in [1.29, 1.82) is 0 Å². The normalized spacial score (nSPS) is 15.3. The van der Waals surface area contributed by atoms with Gasteiger partial charge in [0.1, 0.15) is 34.8 Å². The van der Waals surface area contributed by atoms with Crippen molar-refractivity contribution in [1.82, 2.24) is 25.8 Å². The molecule has 0 saturated carbocycles. The van der Waals surface area contributed by atoms with Gasteiger partial charge >= 0.3 is 18.0 Å². The molecule has 0 unspecified atom stereocenters. The molecule has 0 spiro atoms. The number of amides is 4. The smallest absolute Gasteiger partial charge is 0.408 e. The minimum absolute atomic E-state index is 0.0759. The second kappa shape index (κ2) is 22.6. The van der Waals surface area contributed by atoms with Crippen LogP contribution >= 0.6 is 23.1 Å². The first kappa shape index (κ1) is 44.6. The zero-order chi connectivity index (χ0) is 41.3. The number of hydrogen-bond acceptors (Lipinski definition) is 13. The molecule has 1 aliphatic heterocycles. The molecule has 0 saturated heterocycles. The van der Waals surface area contributed by atoms with E-state index in [0.29, 0.717) is 64.8 Å². The Kier molecular flexibility index (Phi) is 17.7. The number of carboxylic acid groups (broad SMARTS) is 2. The number of hydrogen-bond donors (Lipinski definition) is 7. The van der Waals surface area contributed by atoms with Gasteiger partial charge in [-0.3, -0.25) is 24.2 Å². The molecular formula is C38H50N8O9S2. The highest BCUT2D eigenvalue weighted by molar-refractivity contribution is 8.15. The number of thioether (sulfide) groups is 1. The van der Waals surface area contributed by atoms with Gasteiger partial charge < -0.3 is 46.9 Å². The minimum atomic E-state index is -1.33. The van der Waals surface area contributed by atoms with E-state index in [4.69, 9.17) is 10.5 Å². The largest absolute Gasteiger partial charge is 0.481 e. The molecule has 1 aliphatic rings. The van der Waals surface area contributed by atoms with E-state index in [0.717, 1.165) is 11.2 Å². The van der Waals surface area contributed by atoms with Gasteiger partial charge in [0.05, 0.1) is 10.2 Å². The van der Waals surface area contributed by atoms with E-state index in [1.807, 2.05) is 25.1 Å². The van der Waals surface area contributed by atoms with Crippen LogP contribution in [0.5, 0.6) is 0 Å². The molecule has 8 N–H and O–H groups in total. The number of carbonyl (C=O) groups is 6. The van der Waals surface area contributed by atoms with Gasteiger partial charge in [-0.15, -0.1) is 23.1 Å². The molecule has 1 aromatic heterocycles. The van der Waals surface area contributed by atoms with Gasteiger partial charge in [0.25, 0.3) is 0 Å². The third-order valence-electron chi connectivity index (χ3n) is 8.80. The second-order valence-electron chi connectivity index (χ2n) is 13.7. The molecule has 4 atom stereocenters. The third-order valence-corrected chi connectivity index (χ3v) is 11.0. The summed E-state index contributed by atoms with van der Waals surface area (Å²) in [7, 11) is 3.83. The van der Waals surface area contributed by atoms with Crippen molar-refractivity contribution in [2.45, 2.75) is 82.1 Å². The van der Waals surface area contributed by atoms with Crippen LogP contribution in [-0.4, -0.2) is 118 Å². The highest BCUT2D eigenvalue weighted by Crippen LogP contribution is 2.31. The number of aromatic nitrogens is 1. The fraction of sp³-hybridized carbons (Fsp3) is 0.474. The zero-order valence-electron chi connectivity index (χ0n) is 31.9. The molecule has 4 rings (SSSR count). The molecule has 19 heteroatoms. The van der Waals surface area contributed by atoms with Crippen molar-refractivity contribution in [3.05, 3.63) is 59.1 Å². The summed E-state index contributed by atoms with van der Waals surface area (Å²) >= 11 is 2.64. The van der Waals surface area contributed by atoms with Crippen LogP contribution in [0.2, 0.25) is 0 Å². The number of benzene rings is 2. The quantitative estimate of drug-likeness (QED) is 0.0680. The minimum Gasteiger partial charge on any atom is -0.481 e. The van der Waals surface area contributed by atoms with E-state index in [-0.39, 0.29) is 25.9 Å². The SMILES string of the molecule is CN(C)CCCC[C@H](NC(=O)[C@H](CCC(=O)O)NC(=O)OCc1ccccc1)C(=O)N[C@@H](CCCCN)C(=O)Nc1ccc2nc(C3=N[C@@H](C(=O)O)CS3)sc2c1. The maximum absolute atomic E-state index is 13.9. The summed E-state index contributed by atoms with van der Waals surface area (Å²) in [6, 6.07) is 9.74. The lowest BCUT2D eigenvalue weighted by Gasteiger charge is -2.25. The van der Waals surface area contributed by atoms with Crippen LogP contribution in [0.15, 0.2) is 53.5 Å². The summed E-state index contributed by atoms with van der Waals surface area (Å²) in [6.07, 6.45) is 1.18. The number of thiazole rings is 1. The predicted molar refractivity (Wildman–Crippen MR) is 218 cm³/mol. The fourth-order valence-electron chi connectivity index (χ4n) is 5.74. The Morgan fingerprint density at radius 1 is 0.877 bits per heavy atom. The van der Waals surface area contributed by atoms with Crippen LogP contribution in [0.25, 0.3) is 10.2 Å². The Morgan fingerprint density at radius 2 is 1.54 bits per heavy atom. The number of alkyl carbamates (subject to hydrolysis) is 1. The lowest BCUT2D eigenvalue weighted by atomic mass is 10.0. The van der Waals surface area contributed by atoms with Crippen molar-refractivity contribution < 1.29 is 43.7 Å². The van der Waals surface area contributed by atoms with E-state index in [1.165, 1.54) is 23.1 Å². The van der Waals surface area contributed by atoms with E-state index in [9.17, 15) is 39.0 Å². The predicted octanol–water partition coefficient (Wildman–Crippen LogP) is 3.17. The molecule has 0 bridgehead atoms. The number of aliphatic carboxylic acids is 2. The van der Waals surface area contributed by atoms with Crippen molar-refractivity contribution in [3.63, 3.8) is 0 Å². The van der Waals surface area contributed by atoms with Crippen LogP contribution < -0.4 is 27.0 Å². The Morgan fingerprint density at radius 3 is 2.18 bits per heavy atom. The maximum atomic E-state index is 13.9. The molecule has 57 heavy (non-hydrogen) atoms. The van der Waals surface area contributed by atoms with Crippen molar-refractivity contribution in [2.24, 2.45) is 10.7 Å². The Hall–Kier alpha value is -5.11. The average molecular weight is 827 g/mol. The van der Waals surface area contributed by atoms with Crippen LogP contribution in [0.3, 0.4) is 0 Å². The lowest BCUT2D eigenvalue weighted by Crippen LogP contribution is -2.56. The van der Waals surface area contributed by atoms with Gasteiger partial charge in [0, 0.05) is 17.9 Å². The molecule has 0 radical (unpaired) electrons. The van der Waals surface area contributed by atoms with Crippen molar-refractivity contribution in [2.75, 3.05) is 38.3 Å². The molecule has 2 aromatic carbocycles. The van der Waals surface area contributed by atoms with E-state index in [1.54, 1.807) is 42.5 Å². The summed E-state index contributed by atoms with van der Waals surface area (Å²) < 4.78 is 6.00. The Balaban J connectivity index is 1.48. The van der Waals surface area contributed by atoms with Gasteiger partial charge in [-0.25, -0.2) is 14.6 Å². The molecule has 4 amide bonds. The third kappa shape index (κ3) is 14.7. The first-order valence-corrected chi connectivity index (χ1v) is 20.4. The number of nitrogens with one attached hydrogen (secondary N) is 4. The summed E-state index contributed by atoms with van der Waals surface area (Å²) in [4.78, 5) is 87.7. The van der Waals surface area contributed by atoms with Gasteiger partial charge in [0.15, 0.2) is 6.04 Å². The number of nitrogens with zero attached hydrogens (tertiary/aromatic N) is 3. The van der Waals surface area contributed by atoms with E-state index in [2.05, 4.69) is 31.2 Å². The maximum Gasteiger partial charge on any atom is 0.408 e. The topological polar surface area (TPSA) is 255 Å². The number of ether oxygens (including phenoxy) is 1. The van der Waals surface area contributed by atoms with Gasteiger partial charge in [-0.1, -0.05) is 30.3 Å². The fourth-order valence-corrected chi connectivity index (χ4v) is 7.84. The van der Waals surface area contributed by atoms with Crippen molar-refractivity contribution >= 4 is 79.8 Å². The molecule has 308 valence electrons. The average Bonchev–Trinajstić information content (AvgIpc) is 3.85. The highest BCUT2D eigenvalue weighted by Gasteiger charge is 2.31. The number of aliphatic imine (C=N–C) groups is 1. The van der Waals surface area contributed by atoms with E-state index < -0.39 is 66.3 Å². The van der Waals surface area contributed by atoms with Crippen LogP contribution in [0.1, 0.15) is 61.9 Å². The first-order valence-electron chi connectivity index (χ1n) is 18.6. The molecule has 2 heterocycles. The molecule has 3 aromatic rings. The number of anilines is 1. The molecular weight excluding hydrogens is 777 g/mol. The number of carbonyl (C=O) groups excluding carboxylic acids is 4. The monoisotopic (exact) mass is 826 g/mol. The summed E-state index contributed by atoms with van der Waals surface area (Å²) in [5.74, 6) is -3.74. The molecule has 17 nitrogen and oxygen atoms in total. The van der Waals surface area contributed by atoms with E-state index >= 15 is 0 Å². The first-order chi connectivity index (χ1) is 27.3. The zero-order valence-corrected chi connectivity index (χ0v) is 33.5. The lowest BCUT2D eigenvalue weighted by molar-refractivity contribution is -0.138. The number of nitrogens with two attached hydrogens (primary N) is 1. The molecule has 0 aliphatic carbocycles. The second-order valence-corrected chi connectivity index (χ2v) is 15.7. The van der Waals surface area contributed by atoms with Gasteiger partial charge in [0.2, 0.25) is 17.7 Å². The van der Waals surface area contributed by atoms with Crippen molar-refractivity contribution in [3.8, 4) is 0 Å². The summed E-state index contributed by atoms with van der Waals surface area (Å²) in [6.45, 7) is 1.03. The Labute approximate surface area is 338 Å². The van der Waals surface area contributed by atoms with Gasteiger partial charge in [-0.05, 0) is 95.9 Å². The number of unbranched alkanes of at least 4 members (excludes halogenated alkanes) is 2. The standard InChI is InChI=1S/C38H50N8O9S2/c1-46(2)19-9-7-13-27(42-34(51)28(16-17-31(47)48)45-38(54)55-21-23-10-4-3-5-11-23)33(50)41-26(12-6-8-18-39)32(49)40-24-14-15-25-30(20-24)57-36(43-25)35-44-29(22-56-35)37(52)53/h3-5,10-11,14-15,20,26-29H,6-9,12-13,16-19,21-22,39H2,1-2H3,(H,40,49)(H,41,50)(H,42,51)(H,45,54)(H,47,48)(H,52,53)/t26-,27-,28-,29+/m0/s1. The summed E-state index contributed by atoms with van der Waals surface area (Å²) in [5.41, 5.74) is 7.54. The van der Waals surface area contributed by atoms with Crippen LogP contribution in [-0.2, 0) is 35.3 Å².